The first-order valence-corrected chi connectivity index (χ1v) is 20.7. The van der Waals surface area contributed by atoms with Gasteiger partial charge in [0.25, 0.3) is 23.6 Å². The predicted molar refractivity (Wildman–Crippen MR) is 216 cm³/mol. The number of ether oxygens (including phenoxy) is 2. The lowest BCUT2D eigenvalue weighted by Gasteiger charge is -2.32. The van der Waals surface area contributed by atoms with E-state index in [2.05, 4.69) is 30.8 Å². The molecule has 1 aliphatic carbocycles. The second kappa shape index (κ2) is 17.2. The number of likely N-dealkylation sites (tertiary alicyclic amines) is 1. The molecule has 5 aliphatic rings. The highest BCUT2D eigenvalue weighted by Crippen LogP contribution is 2.40. The van der Waals surface area contributed by atoms with Crippen LogP contribution in [0.25, 0.3) is 0 Å². The third kappa shape index (κ3) is 8.22. The Labute approximate surface area is 354 Å². The Balaban J connectivity index is 0.842. The van der Waals surface area contributed by atoms with Gasteiger partial charge < -0.3 is 34.8 Å². The van der Waals surface area contributed by atoms with Gasteiger partial charge in [0.2, 0.25) is 17.8 Å². The van der Waals surface area contributed by atoms with Gasteiger partial charge in [-0.05, 0) is 56.7 Å². The number of fused-ring (bicyclic) bond motifs is 2. The topological polar surface area (TPSA) is 196 Å². The molecule has 1 atom stereocenters. The van der Waals surface area contributed by atoms with Crippen molar-refractivity contribution in [1.29, 1.82) is 0 Å². The van der Waals surface area contributed by atoms with E-state index in [1.807, 2.05) is 0 Å². The number of methoxy groups -OCH3 is 1. The van der Waals surface area contributed by atoms with Crippen LogP contribution in [0.4, 0.5) is 36.3 Å². The van der Waals surface area contributed by atoms with Crippen LogP contribution in [0.2, 0.25) is 0 Å². The van der Waals surface area contributed by atoms with E-state index in [0.29, 0.717) is 51.7 Å². The number of hydrogen-bond donors (Lipinski definition) is 3. The Morgan fingerprint density at radius 1 is 1.00 bits per heavy atom. The molecule has 0 spiro atoms. The summed E-state index contributed by atoms with van der Waals surface area (Å²) in [6, 6.07) is 5.51. The largest absolute Gasteiger partial charge is 0.495 e. The standard InChI is InChI=1S/C42H46F3N9O8/c1-51-30-21-46-41(50-35(30)53(24-7-3-4-8-24)22-42(44,45)40(51)60)48-28-20-27(43)26(19-32(28)61-2)36(56)47-23-13-16-52(17-14-23)15-6-18-62-31-10-5-9-25-34(31)39(59)54(38(25)58)29-11-12-33(55)49-37(29)57/h5,9-10,19-21,23-24,29H,3-4,6-8,11-18,22H2,1-2H3,(H,47,56)(H,46,48,50)(H,49,55,57). The van der Waals surface area contributed by atoms with Crippen LogP contribution in [0.3, 0.4) is 0 Å². The van der Waals surface area contributed by atoms with Crippen molar-refractivity contribution in [2.24, 2.45) is 0 Å². The minimum atomic E-state index is -3.64. The lowest BCUT2D eigenvalue weighted by molar-refractivity contribution is -0.140. The monoisotopic (exact) mass is 861 g/mol. The third-order valence-corrected chi connectivity index (χ3v) is 12.1. The number of carbonyl (C=O) groups excluding carboxylic acids is 6. The molecule has 0 bridgehead atoms. The Morgan fingerprint density at radius 2 is 1.76 bits per heavy atom. The average molecular weight is 862 g/mol. The van der Waals surface area contributed by atoms with E-state index in [9.17, 15) is 28.8 Å². The van der Waals surface area contributed by atoms with Crippen LogP contribution in [0, 0.1) is 5.82 Å². The van der Waals surface area contributed by atoms with Gasteiger partial charge in [-0.25, -0.2) is 9.37 Å². The van der Waals surface area contributed by atoms with E-state index in [0.717, 1.165) is 28.7 Å². The number of nitrogens with zero attached hydrogens (tertiary/aromatic N) is 6. The van der Waals surface area contributed by atoms with Gasteiger partial charge in [-0.1, -0.05) is 18.9 Å². The zero-order chi connectivity index (χ0) is 43.9. The van der Waals surface area contributed by atoms with Gasteiger partial charge in [-0.15, -0.1) is 0 Å². The molecule has 328 valence electrons. The summed E-state index contributed by atoms with van der Waals surface area (Å²) in [4.78, 5) is 90.7. The van der Waals surface area contributed by atoms with Crippen molar-refractivity contribution < 1.29 is 51.4 Å². The number of hydrogen-bond acceptors (Lipinski definition) is 13. The Hall–Kier alpha value is -6.31. The number of halogens is 3. The second-order valence-electron chi connectivity index (χ2n) is 16.1. The SMILES string of the molecule is COc1cc(C(=O)NC2CCN(CCCOc3cccc4c3C(=O)N(C3CCC(=O)NC3=O)C4=O)CC2)c(F)cc1Nc1ncc2c(n1)N(C1CCCC1)CC(F)(F)C(=O)N2C. The van der Waals surface area contributed by atoms with Crippen molar-refractivity contribution in [1.82, 2.24) is 30.4 Å². The van der Waals surface area contributed by atoms with Gasteiger partial charge in [0, 0.05) is 51.3 Å². The molecule has 1 saturated carbocycles. The molecule has 17 nitrogen and oxygen atoms in total. The molecule has 8 rings (SSSR count). The molecule has 20 heteroatoms. The summed E-state index contributed by atoms with van der Waals surface area (Å²) < 4.78 is 57.2. The molecule has 2 saturated heterocycles. The van der Waals surface area contributed by atoms with E-state index < -0.39 is 59.8 Å². The summed E-state index contributed by atoms with van der Waals surface area (Å²) >= 11 is 0. The molecule has 3 N–H and O–H groups in total. The number of amides is 6. The number of aromatic nitrogens is 2. The molecule has 6 amide bonds. The number of anilines is 4. The van der Waals surface area contributed by atoms with E-state index in [1.165, 1.54) is 37.4 Å². The molecular weight excluding hydrogens is 816 g/mol. The van der Waals surface area contributed by atoms with Gasteiger partial charge in [0.05, 0.1) is 48.8 Å². The Morgan fingerprint density at radius 3 is 2.48 bits per heavy atom. The molecule has 1 aromatic heterocycles. The minimum absolute atomic E-state index is 0.0213. The molecule has 1 unspecified atom stereocenters. The molecule has 5 heterocycles. The Kier molecular flexibility index (Phi) is 11.8. The van der Waals surface area contributed by atoms with Crippen molar-refractivity contribution in [2.75, 3.05) is 62.1 Å². The number of benzene rings is 2. The van der Waals surface area contributed by atoms with Crippen molar-refractivity contribution in [2.45, 2.75) is 81.8 Å². The number of nitrogens with one attached hydrogen (secondary N) is 3. The molecule has 0 radical (unpaired) electrons. The maximum atomic E-state index is 15.6. The maximum absolute atomic E-state index is 15.6. The summed E-state index contributed by atoms with van der Waals surface area (Å²) in [7, 11) is 2.61. The number of imide groups is 2. The van der Waals surface area contributed by atoms with Crippen LogP contribution in [0.1, 0.15) is 88.9 Å². The quantitative estimate of drug-likeness (QED) is 0.176. The lowest BCUT2D eigenvalue weighted by Crippen LogP contribution is -2.54. The minimum Gasteiger partial charge on any atom is -0.495 e. The van der Waals surface area contributed by atoms with Crippen molar-refractivity contribution >= 4 is 58.6 Å². The van der Waals surface area contributed by atoms with E-state index >= 15 is 13.2 Å². The predicted octanol–water partition coefficient (Wildman–Crippen LogP) is 3.79. The molecule has 2 aromatic carbocycles. The average Bonchev–Trinajstić information content (AvgIpc) is 3.86. The van der Waals surface area contributed by atoms with E-state index in [4.69, 9.17) is 9.47 Å². The fourth-order valence-corrected chi connectivity index (χ4v) is 8.86. The summed E-state index contributed by atoms with van der Waals surface area (Å²) in [6.07, 6.45) is 6.21. The highest BCUT2D eigenvalue weighted by atomic mass is 19.3. The molecule has 3 fully saturated rings. The van der Waals surface area contributed by atoms with Crippen LogP contribution in [-0.2, 0) is 14.4 Å². The number of piperidine rings is 2. The van der Waals surface area contributed by atoms with Crippen LogP contribution in [0.5, 0.6) is 11.5 Å². The second-order valence-corrected chi connectivity index (χ2v) is 16.1. The molecular formula is C42H46F3N9O8. The van der Waals surface area contributed by atoms with Crippen molar-refractivity contribution in [3.05, 3.63) is 59.0 Å². The fraction of sp³-hybridized carbons (Fsp3) is 0.476. The Bertz CT molecular complexity index is 2320. The first-order chi connectivity index (χ1) is 29.7. The third-order valence-electron chi connectivity index (χ3n) is 12.1. The molecule has 62 heavy (non-hydrogen) atoms. The van der Waals surface area contributed by atoms with Crippen molar-refractivity contribution in [3.63, 3.8) is 0 Å². The van der Waals surface area contributed by atoms with Crippen LogP contribution < -0.4 is 35.2 Å². The zero-order valence-corrected chi connectivity index (χ0v) is 34.2. The van der Waals surface area contributed by atoms with Crippen LogP contribution in [0.15, 0.2) is 36.5 Å². The first kappa shape index (κ1) is 42.4. The van der Waals surface area contributed by atoms with Gasteiger partial charge in [-0.2, -0.15) is 13.8 Å². The van der Waals surface area contributed by atoms with E-state index in [-0.39, 0.29) is 82.9 Å². The fourth-order valence-electron chi connectivity index (χ4n) is 8.86. The van der Waals surface area contributed by atoms with E-state index in [1.54, 1.807) is 12.1 Å². The first-order valence-electron chi connectivity index (χ1n) is 20.7. The number of rotatable bonds is 12. The highest BCUT2D eigenvalue weighted by molar-refractivity contribution is 6.24. The lowest BCUT2D eigenvalue weighted by atomic mass is 10.0. The summed E-state index contributed by atoms with van der Waals surface area (Å²) in [6.45, 7) is 1.36. The van der Waals surface area contributed by atoms with Crippen LogP contribution in [-0.4, -0.2) is 126 Å². The smallest absolute Gasteiger partial charge is 0.342 e. The van der Waals surface area contributed by atoms with Gasteiger partial charge >= 0.3 is 5.92 Å². The maximum Gasteiger partial charge on any atom is 0.342 e. The zero-order valence-electron chi connectivity index (χ0n) is 34.2. The molecule has 3 aromatic rings. The normalized spacial score (nSPS) is 20.8. The van der Waals surface area contributed by atoms with Crippen molar-refractivity contribution in [3.8, 4) is 11.5 Å². The summed E-state index contributed by atoms with van der Waals surface area (Å²) in [5.74, 6) is -8.39. The summed E-state index contributed by atoms with van der Waals surface area (Å²) in [5.41, 5.74) is 0.216. The number of carbonyl (C=O) groups is 6. The van der Waals surface area contributed by atoms with Gasteiger partial charge in [0.1, 0.15) is 29.0 Å². The highest BCUT2D eigenvalue weighted by Gasteiger charge is 2.49. The van der Waals surface area contributed by atoms with Crippen LogP contribution >= 0.6 is 0 Å². The molecule has 4 aliphatic heterocycles. The van der Waals surface area contributed by atoms with Gasteiger partial charge in [-0.3, -0.25) is 39.0 Å². The van der Waals surface area contributed by atoms with Gasteiger partial charge in [0.15, 0.2) is 5.82 Å². The number of alkyl halides is 2. The summed E-state index contributed by atoms with van der Waals surface area (Å²) in [5, 5.41) is 8.01.